The molecular formula is C11H12F4O2. The Morgan fingerprint density at radius 1 is 1.24 bits per heavy atom. The molecule has 96 valence electrons. The van der Waals surface area contributed by atoms with Crippen LogP contribution in [0.4, 0.5) is 17.6 Å². The summed E-state index contributed by atoms with van der Waals surface area (Å²) < 4.78 is 54.6. The number of benzene rings is 1. The first kappa shape index (κ1) is 13.8. The lowest BCUT2D eigenvalue weighted by atomic mass is 10.1. The lowest BCUT2D eigenvalue weighted by Crippen LogP contribution is -2.10. The fraction of sp³-hybridized carbons (Fsp3) is 0.455. The zero-order valence-corrected chi connectivity index (χ0v) is 8.93. The molecule has 0 spiro atoms. The highest BCUT2D eigenvalue weighted by atomic mass is 19.4. The SMILES string of the molecule is OCc1ccc(OCCCF)c(C(F)(F)F)c1. The Labute approximate surface area is 95.8 Å². The van der Waals surface area contributed by atoms with Crippen LogP contribution in [-0.2, 0) is 12.8 Å². The maximum absolute atomic E-state index is 12.6. The van der Waals surface area contributed by atoms with Gasteiger partial charge in [0.05, 0.1) is 25.5 Å². The normalized spacial score (nSPS) is 11.6. The van der Waals surface area contributed by atoms with Crippen LogP contribution in [-0.4, -0.2) is 18.4 Å². The Kier molecular flexibility index (Phi) is 4.74. The second-order valence-corrected chi connectivity index (χ2v) is 3.38. The van der Waals surface area contributed by atoms with Gasteiger partial charge >= 0.3 is 6.18 Å². The molecular weight excluding hydrogens is 240 g/mol. The number of ether oxygens (including phenoxy) is 1. The summed E-state index contributed by atoms with van der Waals surface area (Å²) in [6.07, 6.45) is -4.52. The highest BCUT2D eigenvalue weighted by Crippen LogP contribution is 2.36. The summed E-state index contributed by atoms with van der Waals surface area (Å²) in [4.78, 5) is 0. The lowest BCUT2D eigenvalue weighted by Gasteiger charge is -2.14. The van der Waals surface area contributed by atoms with Gasteiger partial charge in [0.1, 0.15) is 5.75 Å². The second-order valence-electron chi connectivity index (χ2n) is 3.38. The van der Waals surface area contributed by atoms with Crippen LogP contribution in [0.25, 0.3) is 0 Å². The Morgan fingerprint density at radius 2 is 1.94 bits per heavy atom. The van der Waals surface area contributed by atoms with Crippen LogP contribution in [0.3, 0.4) is 0 Å². The largest absolute Gasteiger partial charge is 0.493 e. The zero-order valence-electron chi connectivity index (χ0n) is 8.93. The van der Waals surface area contributed by atoms with Crippen LogP contribution in [0.2, 0.25) is 0 Å². The minimum absolute atomic E-state index is 0.0407. The van der Waals surface area contributed by atoms with Gasteiger partial charge in [-0.2, -0.15) is 13.2 Å². The predicted octanol–water partition coefficient (Wildman–Crippen LogP) is 2.94. The first-order valence-electron chi connectivity index (χ1n) is 4.98. The highest BCUT2D eigenvalue weighted by molar-refractivity contribution is 5.39. The monoisotopic (exact) mass is 252 g/mol. The van der Waals surface area contributed by atoms with Crippen LogP contribution in [0, 0.1) is 0 Å². The van der Waals surface area contributed by atoms with Gasteiger partial charge in [-0.25, -0.2) is 0 Å². The van der Waals surface area contributed by atoms with Gasteiger partial charge in [0, 0.05) is 6.42 Å². The minimum Gasteiger partial charge on any atom is -0.493 e. The van der Waals surface area contributed by atoms with Crippen LogP contribution >= 0.6 is 0 Å². The van der Waals surface area contributed by atoms with Crippen molar-refractivity contribution in [2.75, 3.05) is 13.3 Å². The summed E-state index contributed by atoms with van der Waals surface area (Å²) in [6.45, 7) is -1.23. The molecule has 2 nitrogen and oxygen atoms in total. The molecule has 0 radical (unpaired) electrons. The molecule has 0 fully saturated rings. The van der Waals surface area contributed by atoms with E-state index in [0.29, 0.717) is 0 Å². The molecule has 0 unspecified atom stereocenters. The topological polar surface area (TPSA) is 29.5 Å². The molecule has 0 heterocycles. The third-order valence-electron chi connectivity index (χ3n) is 2.07. The van der Waals surface area contributed by atoms with Gasteiger partial charge < -0.3 is 9.84 Å². The van der Waals surface area contributed by atoms with Crippen molar-refractivity contribution in [3.8, 4) is 5.75 Å². The third-order valence-corrected chi connectivity index (χ3v) is 2.07. The van der Waals surface area contributed by atoms with Crippen molar-refractivity contribution in [3.63, 3.8) is 0 Å². The molecule has 0 atom stereocenters. The van der Waals surface area contributed by atoms with Crippen molar-refractivity contribution in [2.45, 2.75) is 19.2 Å². The molecule has 0 aliphatic rings. The Morgan fingerprint density at radius 3 is 2.47 bits per heavy atom. The van der Waals surface area contributed by atoms with Gasteiger partial charge in [-0.15, -0.1) is 0 Å². The van der Waals surface area contributed by atoms with E-state index in [-0.39, 0.29) is 24.3 Å². The maximum atomic E-state index is 12.6. The van der Waals surface area contributed by atoms with E-state index in [9.17, 15) is 17.6 Å². The van der Waals surface area contributed by atoms with Crippen LogP contribution in [0.15, 0.2) is 18.2 Å². The van der Waals surface area contributed by atoms with Crippen molar-refractivity contribution < 1.29 is 27.4 Å². The van der Waals surface area contributed by atoms with Gasteiger partial charge in [-0.1, -0.05) is 6.07 Å². The third kappa shape index (κ3) is 3.89. The van der Waals surface area contributed by atoms with Crippen LogP contribution in [0.5, 0.6) is 5.75 Å². The molecule has 6 heteroatoms. The molecule has 1 N–H and O–H groups in total. The standard InChI is InChI=1S/C11H12F4O2/c12-4-1-5-17-10-3-2-8(7-16)6-9(10)11(13,14)15/h2-3,6,16H,1,4-5,7H2. The molecule has 0 bridgehead atoms. The predicted molar refractivity (Wildman–Crippen MR) is 53.5 cm³/mol. The Balaban J connectivity index is 2.95. The fourth-order valence-corrected chi connectivity index (χ4v) is 1.26. The summed E-state index contributed by atoms with van der Waals surface area (Å²) in [5, 5.41) is 8.78. The average molecular weight is 252 g/mol. The van der Waals surface area contributed by atoms with Crippen molar-refractivity contribution in [3.05, 3.63) is 29.3 Å². The lowest BCUT2D eigenvalue weighted by molar-refractivity contribution is -0.139. The van der Waals surface area contributed by atoms with E-state index >= 15 is 0 Å². The quantitative estimate of drug-likeness (QED) is 0.645. The van der Waals surface area contributed by atoms with Crippen molar-refractivity contribution in [1.29, 1.82) is 0 Å². The van der Waals surface area contributed by atoms with Gasteiger partial charge in [0.25, 0.3) is 0 Å². The van der Waals surface area contributed by atoms with E-state index in [4.69, 9.17) is 9.84 Å². The fourth-order valence-electron chi connectivity index (χ4n) is 1.26. The van der Waals surface area contributed by atoms with E-state index in [0.717, 1.165) is 12.1 Å². The van der Waals surface area contributed by atoms with E-state index in [1.54, 1.807) is 0 Å². The molecule has 1 aromatic carbocycles. The van der Waals surface area contributed by atoms with Gasteiger partial charge in [-0.3, -0.25) is 4.39 Å². The van der Waals surface area contributed by atoms with E-state index in [2.05, 4.69) is 0 Å². The van der Waals surface area contributed by atoms with Crippen molar-refractivity contribution in [1.82, 2.24) is 0 Å². The summed E-state index contributed by atoms with van der Waals surface area (Å²) in [5.41, 5.74) is -0.807. The van der Waals surface area contributed by atoms with Crippen LogP contribution < -0.4 is 4.74 Å². The maximum Gasteiger partial charge on any atom is 0.419 e. The summed E-state index contributed by atoms with van der Waals surface area (Å²) >= 11 is 0. The van der Waals surface area contributed by atoms with E-state index in [1.807, 2.05) is 0 Å². The van der Waals surface area contributed by atoms with E-state index < -0.39 is 25.0 Å². The zero-order chi connectivity index (χ0) is 12.9. The molecule has 0 aliphatic carbocycles. The highest BCUT2D eigenvalue weighted by Gasteiger charge is 2.34. The molecule has 0 aromatic heterocycles. The number of aliphatic hydroxyl groups is 1. The smallest absolute Gasteiger partial charge is 0.419 e. The minimum atomic E-state index is -4.56. The molecule has 0 saturated heterocycles. The first-order chi connectivity index (χ1) is 7.99. The molecule has 0 saturated carbocycles. The summed E-state index contributed by atoms with van der Waals surface area (Å²) in [6, 6.07) is 3.29. The number of aliphatic hydroxyl groups excluding tert-OH is 1. The summed E-state index contributed by atoms with van der Waals surface area (Å²) in [5.74, 6) is -0.344. The van der Waals surface area contributed by atoms with Gasteiger partial charge in [0.15, 0.2) is 0 Å². The number of alkyl halides is 4. The van der Waals surface area contributed by atoms with Gasteiger partial charge in [-0.05, 0) is 17.7 Å². The molecule has 0 aliphatic heterocycles. The molecule has 0 amide bonds. The number of rotatable bonds is 5. The molecule has 17 heavy (non-hydrogen) atoms. The van der Waals surface area contributed by atoms with E-state index in [1.165, 1.54) is 6.07 Å². The first-order valence-corrected chi connectivity index (χ1v) is 4.98. The summed E-state index contributed by atoms with van der Waals surface area (Å²) in [7, 11) is 0. The van der Waals surface area contributed by atoms with Crippen molar-refractivity contribution in [2.24, 2.45) is 0 Å². The van der Waals surface area contributed by atoms with Crippen LogP contribution in [0.1, 0.15) is 17.5 Å². The van der Waals surface area contributed by atoms with Crippen molar-refractivity contribution >= 4 is 0 Å². The Bertz CT molecular complexity index is 363. The number of hydrogen-bond donors (Lipinski definition) is 1. The second kappa shape index (κ2) is 5.86. The molecule has 1 aromatic rings. The molecule has 1 rings (SSSR count). The number of hydrogen-bond acceptors (Lipinski definition) is 2. The Hall–Kier alpha value is -1.30. The average Bonchev–Trinajstić information content (AvgIpc) is 2.28. The number of halogens is 4. The van der Waals surface area contributed by atoms with Gasteiger partial charge in [0.2, 0.25) is 0 Å².